The van der Waals surface area contributed by atoms with Gasteiger partial charge in [0, 0.05) is 6.54 Å². The predicted molar refractivity (Wildman–Crippen MR) is 51.8 cm³/mol. The number of aromatic nitrogens is 2. The Morgan fingerprint density at radius 2 is 2.29 bits per heavy atom. The zero-order chi connectivity index (χ0) is 10.1. The summed E-state index contributed by atoms with van der Waals surface area (Å²) in [4.78, 5) is 3.99. The number of hydrogen-bond acceptors (Lipinski definition) is 2. The molecule has 5 heteroatoms. The van der Waals surface area contributed by atoms with Crippen molar-refractivity contribution < 1.29 is 9.50 Å². The predicted octanol–water partition coefficient (Wildman–Crippen LogP) is 1.82. The zero-order valence-corrected chi connectivity index (χ0v) is 8.00. The average Bonchev–Trinajstić information content (AvgIpc) is 2.57. The van der Waals surface area contributed by atoms with E-state index in [0.29, 0.717) is 17.6 Å². The number of benzene rings is 1. The second-order valence-electron chi connectivity index (χ2n) is 2.89. The van der Waals surface area contributed by atoms with E-state index < -0.39 is 5.82 Å². The third-order valence-electron chi connectivity index (χ3n) is 2.01. The third kappa shape index (κ3) is 1.36. The van der Waals surface area contributed by atoms with E-state index in [9.17, 15) is 4.39 Å². The second-order valence-corrected chi connectivity index (χ2v) is 3.30. The standard InChI is InChI=1S/C9H8ClFN2O/c10-6-1-2-7-9(8(6)11)13(3-4-14)5-12-7/h1-2,5,14H,3-4H2. The Hall–Kier alpha value is -1.13. The number of aliphatic hydroxyl groups excluding tert-OH is 1. The SMILES string of the molecule is OCCn1cnc2ccc(Cl)c(F)c21. The average molecular weight is 215 g/mol. The summed E-state index contributed by atoms with van der Waals surface area (Å²) in [6.45, 7) is 0.255. The minimum Gasteiger partial charge on any atom is -0.395 e. The maximum Gasteiger partial charge on any atom is 0.167 e. The Morgan fingerprint density at radius 1 is 1.50 bits per heavy atom. The van der Waals surface area contributed by atoms with Crippen LogP contribution in [0, 0.1) is 5.82 Å². The molecular formula is C9H8ClFN2O. The quantitative estimate of drug-likeness (QED) is 0.828. The minimum atomic E-state index is -0.491. The van der Waals surface area contributed by atoms with Crippen LogP contribution in [0.3, 0.4) is 0 Å². The van der Waals surface area contributed by atoms with Crippen LogP contribution in [0.25, 0.3) is 11.0 Å². The maximum absolute atomic E-state index is 13.5. The van der Waals surface area contributed by atoms with Crippen molar-refractivity contribution in [3.05, 3.63) is 29.3 Å². The fourth-order valence-corrected chi connectivity index (χ4v) is 1.53. The van der Waals surface area contributed by atoms with E-state index in [1.165, 1.54) is 17.0 Å². The van der Waals surface area contributed by atoms with Crippen molar-refractivity contribution in [3.63, 3.8) is 0 Å². The largest absolute Gasteiger partial charge is 0.395 e. The molecule has 14 heavy (non-hydrogen) atoms. The lowest BCUT2D eigenvalue weighted by Gasteiger charge is -2.02. The lowest BCUT2D eigenvalue weighted by Crippen LogP contribution is -2.01. The number of fused-ring (bicyclic) bond motifs is 1. The summed E-state index contributed by atoms with van der Waals surface area (Å²) in [7, 11) is 0. The number of rotatable bonds is 2. The van der Waals surface area contributed by atoms with Gasteiger partial charge in [-0.1, -0.05) is 11.6 Å². The van der Waals surface area contributed by atoms with Crippen molar-refractivity contribution in [3.8, 4) is 0 Å². The van der Waals surface area contributed by atoms with Gasteiger partial charge in [0.05, 0.1) is 23.5 Å². The molecule has 0 aliphatic rings. The molecule has 0 aliphatic heterocycles. The fourth-order valence-electron chi connectivity index (χ4n) is 1.37. The summed E-state index contributed by atoms with van der Waals surface area (Å²) in [5, 5.41) is 8.82. The Morgan fingerprint density at radius 3 is 3.00 bits per heavy atom. The van der Waals surface area contributed by atoms with E-state index in [2.05, 4.69) is 4.98 Å². The number of halogens is 2. The van der Waals surface area contributed by atoms with Gasteiger partial charge < -0.3 is 9.67 Å². The molecule has 0 amide bonds. The molecule has 0 unspecified atom stereocenters. The van der Waals surface area contributed by atoms with E-state index in [-0.39, 0.29) is 11.6 Å². The lowest BCUT2D eigenvalue weighted by molar-refractivity contribution is 0.277. The van der Waals surface area contributed by atoms with Gasteiger partial charge in [0.2, 0.25) is 0 Å². The van der Waals surface area contributed by atoms with Crippen LogP contribution in [0.5, 0.6) is 0 Å². The molecule has 0 bridgehead atoms. The molecule has 1 aromatic carbocycles. The van der Waals surface area contributed by atoms with Gasteiger partial charge in [-0.15, -0.1) is 0 Å². The van der Waals surface area contributed by atoms with Gasteiger partial charge in [-0.2, -0.15) is 0 Å². The molecular weight excluding hydrogens is 207 g/mol. The first-order valence-electron chi connectivity index (χ1n) is 4.13. The Kier molecular flexibility index (Phi) is 2.39. The van der Waals surface area contributed by atoms with Gasteiger partial charge in [-0.3, -0.25) is 0 Å². The van der Waals surface area contributed by atoms with E-state index in [1.54, 1.807) is 6.07 Å². The molecule has 1 aromatic heterocycles. The summed E-state index contributed by atoms with van der Waals surface area (Å²) >= 11 is 5.64. The topological polar surface area (TPSA) is 38.0 Å². The van der Waals surface area contributed by atoms with Crippen molar-refractivity contribution in [2.24, 2.45) is 0 Å². The van der Waals surface area contributed by atoms with Gasteiger partial charge in [-0.05, 0) is 12.1 Å². The van der Waals surface area contributed by atoms with Crippen LogP contribution in [0.15, 0.2) is 18.5 Å². The van der Waals surface area contributed by atoms with Crippen LogP contribution >= 0.6 is 11.6 Å². The summed E-state index contributed by atoms with van der Waals surface area (Å²) in [6, 6.07) is 3.12. The molecule has 74 valence electrons. The van der Waals surface area contributed by atoms with Gasteiger partial charge >= 0.3 is 0 Å². The normalized spacial score (nSPS) is 11.1. The molecule has 0 saturated heterocycles. The molecule has 0 spiro atoms. The van der Waals surface area contributed by atoms with Crippen molar-refractivity contribution >= 4 is 22.6 Å². The highest BCUT2D eigenvalue weighted by Crippen LogP contribution is 2.23. The number of nitrogens with zero attached hydrogens (tertiary/aromatic N) is 2. The molecule has 2 rings (SSSR count). The summed E-state index contributed by atoms with van der Waals surface area (Å²) in [5.41, 5.74) is 0.881. The highest BCUT2D eigenvalue weighted by molar-refractivity contribution is 6.31. The van der Waals surface area contributed by atoms with Crippen LogP contribution in [-0.2, 0) is 6.54 Å². The number of aliphatic hydroxyl groups is 1. The van der Waals surface area contributed by atoms with E-state index in [0.717, 1.165) is 0 Å². The zero-order valence-electron chi connectivity index (χ0n) is 7.24. The Balaban J connectivity index is 2.69. The highest BCUT2D eigenvalue weighted by Gasteiger charge is 2.10. The monoisotopic (exact) mass is 214 g/mol. The molecule has 2 aromatic rings. The first kappa shape index (κ1) is 9.43. The van der Waals surface area contributed by atoms with E-state index in [1.807, 2.05) is 0 Å². The van der Waals surface area contributed by atoms with Crippen LogP contribution in [0.1, 0.15) is 0 Å². The van der Waals surface area contributed by atoms with Crippen molar-refractivity contribution in [1.29, 1.82) is 0 Å². The first-order chi connectivity index (χ1) is 6.74. The molecule has 3 nitrogen and oxygen atoms in total. The van der Waals surface area contributed by atoms with Crippen LogP contribution in [0.4, 0.5) is 4.39 Å². The third-order valence-corrected chi connectivity index (χ3v) is 2.30. The molecule has 0 fully saturated rings. The maximum atomic E-state index is 13.5. The number of hydrogen-bond donors (Lipinski definition) is 1. The van der Waals surface area contributed by atoms with Gasteiger partial charge in [0.1, 0.15) is 5.52 Å². The molecule has 0 aliphatic carbocycles. The molecule has 1 heterocycles. The lowest BCUT2D eigenvalue weighted by atomic mass is 10.3. The summed E-state index contributed by atoms with van der Waals surface area (Å²) in [5.74, 6) is -0.491. The van der Waals surface area contributed by atoms with Crippen molar-refractivity contribution in [2.45, 2.75) is 6.54 Å². The highest BCUT2D eigenvalue weighted by atomic mass is 35.5. The van der Waals surface area contributed by atoms with Crippen LogP contribution in [-0.4, -0.2) is 21.3 Å². The Bertz CT molecular complexity index is 469. The minimum absolute atomic E-state index is 0.0581. The van der Waals surface area contributed by atoms with Gasteiger partial charge in [0.25, 0.3) is 0 Å². The van der Waals surface area contributed by atoms with Gasteiger partial charge in [0.15, 0.2) is 5.82 Å². The van der Waals surface area contributed by atoms with E-state index in [4.69, 9.17) is 16.7 Å². The van der Waals surface area contributed by atoms with E-state index >= 15 is 0 Å². The van der Waals surface area contributed by atoms with Crippen LogP contribution in [0.2, 0.25) is 5.02 Å². The molecule has 1 N–H and O–H groups in total. The summed E-state index contributed by atoms with van der Waals surface area (Å²) < 4.78 is 15.1. The molecule has 0 saturated carbocycles. The molecule has 0 atom stereocenters. The number of imidazole rings is 1. The van der Waals surface area contributed by atoms with Crippen LogP contribution < -0.4 is 0 Å². The Labute approximate surface area is 84.7 Å². The second kappa shape index (κ2) is 3.55. The smallest absolute Gasteiger partial charge is 0.167 e. The molecule has 0 radical (unpaired) electrons. The first-order valence-corrected chi connectivity index (χ1v) is 4.51. The fraction of sp³-hybridized carbons (Fsp3) is 0.222. The van der Waals surface area contributed by atoms with Crippen molar-refractivity contribution in [1.82, 2.24) is 9.55 Å². The van der Waals surface area contributed by atoms with Gasteiger partial charge in [-0.25, -0.2) is 9.37 Å². The summed E-state index contributed by atoms with van der Waals surface area (Å²) in [6.07, 6.45) is 1.49. The van der Waals surface area contributed by atoms with Crippen molar-refractivity contribution in [2.75, 3.05) is 6.61 Å².